The predicted octanol–water partition coefficient (Wildman–Crippen LogP) is 3.50. The van der Waals surface area contributed by atoms with Gasteiger partial charge >= 0.3 is 0 Å². The third-order valence-corrected chi connectivity index (χ3v) is 3.42. The van der Waals surface area contributed by atoms with E-state index in [1.54, 1.807) is 12.1 Å². The van der Waals surface area contributed by atoms with E-state index in [0.29, 0.717) is 17.3 Å². The molecule has 0 unspecified atom stereocenters. The van der Waals surface area contributed by atoms with Gasteiger partial charge < -0.3 is 4.42 Å². The van der Waals surface area contributed by atoms with Crippen molar-refractivity contribution in [2.24, 2.45) is 0 Å². The largest absolute Gasteiger partial charge is 0.415 e. The second kappa shape index (κ2) is 4.77. The van der Waals surface area contributed by atoms with Gasteiger partial charge in [0.2, 0.25) is 5.89 Å². The summed E-state index contributed by atoms with van der Waals surface area (Å²) in [5.41, 5.74) is 3.06. The summed E-state index contributed by atoms with van der Waals surface area (Å²) in [4.78, 5) is 4.47. The number of imidazole rings is 1. The maximum absolute atomic E-state index is 13.0. The van der Waals surface area contributed by atoms with Crippen LogP contribution in [0.3, 0.4) is 0 Å². The van der Waals surface area contributed by atoms with E-state index >= 15 is 0 Å². The van der Waals surface area contributed by atoms with E-state index in [9.17, 15) is 4.39 Å². The molecule has 4 aromatic rings. The first-order valence-corrected chi connectivity index (χ1v) is 6.76. The number of benzene rings is 1. The minimum absolute atomic E-state index is 0.305. The van der Waals surface area contributed by atoms with Gasteiger partial charge in [0.25, 0.3) is 5.89 Å². The van der Waals surface area contributed by atoms with Gasteiger partial charge in [0.05, 0.1) is 5.69 Å². The Labute approximate surface area is 125 Å². The molecular weight excluding hydrogens is 283 g/mol. The van der Waals surface area contributed by atoms with E-state index in [-0.39, 0.29) is 5.82 Å². The molecule has 108 valence electrons. The molecule has 0 N–H and O–H groups in total. The first kappa shape index (κ1) is 12.7. The molecule has 3 aromatic heterocycles. The van der Waals surface area contributed by atoms with Crippen LogP contribution in [0, 0.1) is 12.7 Å². The summed E-state index contributed by atoms with van der Waals surface area (Å²) >= 11 is 0. The van der Waals surface area contributed by atoms with Crippen molar-refractivity contribution in [2.75, 3.05) is 0 Å². The second-order valence-electron chi connectivity index (χ2n) is 4.89. The highest BCUT2D eigenvalue weighted by Crippen LogP contribution is 2.27. The maximum Gasteiger partial charge on any atom is 0.266 e. The van der Waals surface area contributed by atoms with E-state index < -0.39 is 0 Å². The van der Waals surface area contributed by atoms with Crippen LogP contribution in [-0.2, 0) is 0 Å². The van der Waals surface area contributed by atoms with Gasteiger partial charge in [-0.2, -0.15) is 0 Å². The van der Waals surface area contributed by atoms with Crippen molar-refractivity contribution in [1.82, 2.24) is 19.6 Å². The van der Waals surface area contributed by atoms with Crippen molar-refractivity contribution >= 4 is 5.65 Å². The first-order valence-electron chi connectivity index (χ1n) is 6.76. The van der Waals surface area contributed by atoms with Gasteiger partial charge in [-0.15, -0.1) is 10.2 Å². The summed E-state index contributed by atoms with van der Waals surface area (Å²) < 4.78 is 20.6. The topological polar surface area (TPSA) is 56.2 Å². The second-order valence-corrected chi connectivity index (χ2v) is 4.89. The smallest absolute Gasteiger partial charge is 0.266 e. The van der Waals surface area contributed by atoms with Crippen molar-refractivity contribution in [3.05, 3.63) is 60.2 Å². The molecule has 5 nitrogen and oxygen atoms in total. The van der Waals surface area contributed by atoms with Gasteiger partial charge in [0.1, 0.15) is 17.2 Å². The van der Waals surface area contributed by atoms with E-state index in [2.05, 4.69) is 15.2 Å². The lowest BCUT2D eigenvalue weighted by Gasteiger charge is -1.97. The number of aromatic nitrogens is 4. The predicted molar refractivity (Wildman–Crippen MR) is 78.6 cm³/mol. The summed E-state index contributed by atoms with van der Waals surface area (Å²) in [7, 11) is 0. The number of rotatable bonds is 2. The highest BCUT2D eigenvalue weighted by atomic mass is 19.1. The molecule has 0 aliphatic carbocycles. The Morgan fingerprint density at radius 3 is 2.59 bits per heavy atom. The molecule has 3 heterocycles. The Kier molecular flexibility index (Phi) is 2.75. The Bertz CT molecular complexity index is 956. The Balaban J connectivity index is 1.83. The molecule has 0 aliphatic rings. The van der Waals surface area contributed by atoms with Crippen LogP contribution >= 0.6 is 0 Å². The number of hydrogen-bond donors (Lipinski definition) is 0. The monoisotopic (exact) mass is 294 g/mol. The van der Waals surface area contributed by atoms with Gasteiger partial charge in [0.15, 0.2) is 0 Å². The number of fused-ring (bicyclic) bond motifs is 1. The fraction of sp³-hybridized carbons (Fsp3) is 0.0625. The zero-order chi connectivity index (χ0) is 15.1. The molecule has 1 aromatic carbocycles. The lowest BCUT2D eigenvalue weighted by Crippen LogP contribution is -1.88. The van der Waals surface area contributed by atoms with Crippen molar-refractivity contribution < 1.29 is 8.81 Å². The number of halogens is 1. The average Bonchev–Trinajstić information content (AvgIpc) is 3.11. The van der Waals surface area contributed by atoms with E-state index in [1.165, 1.54) is 12.1 Å². The lowest BCUT2D eigenvalue weighted by atomic mass is 10.2. The van der Waals surface area contributed by atoms with Crippen LogP contribution in [0.15, 0.2) is 53.1 Å². The van der Waals surface area contributed by atoms with Crippen molar-refractivity contribution in [3.63, 3.8) is 0 Å². The molecule has 0 saturated heterocycles. The van der Waals surface area contributed by atoms with Crippen LogP contribution in [0.5, 0.6) is 0 Å². The van der Waals surface area contributed by atoms with Crippen LogP contribution in [0.25, 0.3) is 28.7 Å². The Morgan fingerprint density at radius 2 is 1.77 bits per heavy atom. The summed E-state index contributed by atoms with van der Waals surface area (Å²) in [5, 5.41) is 8.14. The lowest BCUT2D eigenvalue weighted by molar-refractivity contribution is 0.580. The fourth-order valence-electron chi connectivity index (χ4n) is 2.40. The van der Waals surface area contributed by atoms with Crippen molar-refractivity contribution in [2.45, 2.75) is 6.92 Å². The van der Waals surface area contributed by atoms with Crippen LogP contribution in [0.4, 0.5) is 4.39 Å². The minimum Gasteiger partial charge on any atom is -0.415 e. The number of nitrogens with zero attached hydrogens (tertiary/aromatic N) is 4. The fourth-order valence-corrected chi connectivity index (χ4v) is 2.40. The minimum atomic E-state index is -0.305. The Morgan fingerprint density at radius 1 is 1.00 bits per heavy atom. The molecule has 0 aliphatic heterocycles. The van der Waals surface area contributed by atoms with E-state index in [0.717, 1.165) is 17.0 Å². The molecule has 0 fully saturated rings. The molecular formula is C16H11FN4O. The molecule has 22 heavy (non-hydrogen) atoms. The highest BCUT2D eigenvalue weighted by molar-refractivity contribution is 5.61. The van der Waals surface area contributed by atoms with Gasteiger partial charge in [-0.3, -0.25) is 4.40 Å². The standard InChI is InChI=1S/C16H11FN4O/c1-10-14(21-9-3-2-4-13(21)18-10)16-20-19-15(22-16)11-5-7-12(17)8-6-11/h2-9H,1H3. The van der Waals surface area contributed by atoms with Crippen LogP contribution in [-0.4, -0.2) is 19.6 Å². The summed E-state index contributed by atoms with van der Waals surface area (Å²) in [6.45, 7) is 1.89. The SMILES string of the molecule is Cc1nc2ccccn2c1-c1nnc(-c2ccc(F)cc2)o1. The zero-order valence-electron chi connectivity index (χ0n) is 11.7. The van der Waals surface area contributed by atoms with Crippen molar-refractivity contribution in [3.8, 4) is 23.0 Å². The van der Waals surface area contributed by atoms with Crippen LogP contribution in [0.1, 0.15) is 5.69 Å². The molecule has 0 saturated carbocycles. The van der Waals surface area contributed by atoms with Crippen LogP contribution in [0.2, 0.25) is 0 Å². The Hall–Kier alpha value is -3.02. The summed E-state index contributed by atoms with van der Waals surface area (Å²) in [6, 6.07) is 11.7. The van der Waals surface area contributed by atoms with E-state index in [1.807, 2.05) is 35.7 Å². The summed E-state index contributed by atoms with van der Waals surface area (Å²) in [5.74, 6) is 0.428. The van der Waals surface area contributed by atoms with Crippen LogP contribution < -0.4 is 0 Å². The maximum atomic E-state index is 13.0. The number of aryl methyl sites for hydroxylation is 1. The molecule has 0 atom stereocenters. The van der Waals surface area contributed by atoms with Gasteiger partial charge in [-0.25, -0.2) is 9.37 Å². The normalized spacial score (nSPS) is 11.2. The highest BCUT2D eigenvalue weighted by Gasteiger charge is 2.17. The van der Waals surface area contributed by atoms with Gasteiger partial charge in [0, 0.05) is 11.8 Å². The molecule has 0 radical (unpaired) electrons. The molecule has 4 rings (SSSR count). The molecule has 0 spiro atoms. The van der Waals surface area contributed by atoms with Crippen molar-refractivity contribution in [1.29, 1.82) is 0 Å². The quantitative estimate of drug-likeness (QED) is 0.568. The third-order valence-electron chi connectivity index (χ3n) is 3.42. The zero-order valence-corrected chi connectivity index (χ0v) is 11.7. The molecule has 0 amide bonds. The first-order chi connectivity index (χ1) is 10.7. The summed E-state index contributed by atoms with van der Waals surface area (Å²) in [6.07, 6.45) is 1.90. The van der Waals surface area contributed by atoms with Gasteiger partial charge in [-0.1, -0.05) is 6.07 Å². The van der Waals surface area contributed by atoms with E-state index in [4.69, 9.17) is 4.42 Å². The van der Waals surface area contributed by atoms with Gasteiger partial charge in [-0.05, 0) is 43.3 Å². The third kappa shape index (κ3) is 1.96. The number of pyridine rings is 1. The molecule has 0 bridgehead atoms. The average molecular weight is 294 g/mol. The number of hydrogen-bond acceptors (Lipinski definition) is 4. The molecule has 6 heteroatoms.